The SMILES string of the molecule is On1cc(Cl)ccc1=[Se]. The van der Waals surface area contributed by atoms with Crippen LogP contribution in [-0.4, -0.2) is 25.5 Å². The van der Waals surface area contributed by atoms with Crippen molar-refractivity contribution in [2.45, 2.75) is 0 Å². The topological polar surface area (TPSA) is 25.2 Å². The zero-order chi connectivity index (χ0) is 6.85. The van der Waals surface area contributed by atoms with Gasteiger partial charge in [0.05, 0.1) is 0 Å². The Morgan fingerprint density at radius 1 is 1.56 bits per heavy atom. The molecule has 0 saturated carbocycles. The van der Waals surface area contributed by atoms with E-state index in [-0.39, 0.29) is 0 Å². The second kappa shape index (κ2) is 2.56. The van der Waals surface area contributed by atoms with Crippen LogP contribution < -0.4 is 0 Å². The summed E-state index contributed by atoms with van der Waals surface area (Å²) in [5, 5.41) is 9.41. The van der Waals surface area contributed by atoms with Gasteiger partial charge in [0.25, 0.3) is 0 Å². The van der Waals surface area contributed by atoms with Crippen LogP contribution in [0.2, 0.25) is 5.02 Å². The Morgan fingerprint density at radius 2 is 2.22 bits per heavy atom. The van der Waals surface area contributed by atoms with Gasteiger partial charge in [-0.05, 0) is 0 Å². The van der Waals surface area contributed by atoms with E-state index in [2.05, 4.69) is 15.6 Å². The number of aromatic nitrogens is 1. The zero-order valence-corrected chi connectivity index (χ0v) is 6.88. The minimum atomic E-state index is 0.511. The third-order valence-corrected chi connectivity index (χ3v) is 1.76. The molecule has 1 aromatic heterocycles. The number of halogens is 1. The molecule has 48 valence electrons. The van der Waals surface area contributed by atoms with Gasteiger partial charge >= 0.3 is 64.7 Å². The van der Waals surface area contributed by atoms with Gasteiger partial charge in [-0.2, -0.15) is 0 Å². The molecule has 0 spiro atoms. The van der Waals surface area contributed by atoms with E-state index in [4.69, 9.17) is 16.8 Å². The monoisotopic (exact) mass is 209 g/mol. The molecule has 0 aliphatic carbocycles. The Bertz CT molecular complexity index is 270. The Kier molecular flexibility index (Phi) is 1.96. The number of hydrogen-bond donors (Lipinski definition) is 1. The van der Waals surface area contributed by atoms with Crippen molar-refractivity contribution in [2.24, 2.45) is 0 Å². The fraction of sp³-hybridized carbons (Fsp3) is 0. The molecule has 0 amide bonds. The molecule has 0 unspecified atom stereocenters. The summed E-state index contributed by atoms with van der Waals surface area (Å²) < 4.78 is 1.57. The van der Waals surface area contributed by atoms with Gasteiger partial charge in [-0.3, -0.25) is 0 Å². The second-order valence-corrected chi connectivity index (χ2v) is 2.84. The van der Waals surface area contributed by atoms with E-state index in [9.17, 15) is 0 Å². The van der Waals surface area contributed by atoms with Crippen LogP contribution in [0, 0.1) is 4.19 Å². The first kappa shape index (κ1) is 6.87. The predicted molar refractivity (Wildman–Crippen MR) is 35.6 cm³/mol. The van der Waals surface area contributed by atoms with Gasteiger partial charge < -0.3 is 0 Å². The van der Waals surface area contributed by atoms with Crippen molar-refractivity contribution in [3.63, 3.8) is 0 Å². The third kappa shape index (κ3) is 1.58. The molecule has 0 aliphatic heterocycles. The molecule has 0 bridgehead atoms. The van der Waals surface area contributed by atoms with Crippen molar-refractivity contribution in [3.05, 3.63) is 27.5 Å². The molecule has 1 N–H and O–H groups in total. The summed E-state index contributed by atoms with van der Waals surface area (Å²) >= 11 is 8.17. The molecule has 9 heavy (non-hydrogen) atoms. The second-order valence-electron chi connectivity index (χ2n) is 1.53. The minimum absolute atomic E-state index is 0.511. The summed E-state index contributed by atoms with van der Waals surface area (Å²) in [6.45, 7) is 0. The summed E-state index contributed by atoms with van der Waals surface area (Å²) in [7, 11) is 0. The van der Waals surface area contributed by atoms with Crippen LogP contribution in [0.25, 0.3) is 0 Å². The quantitative estimate of drug-likeness (QED) is 0.501. The van der Waals surface area contributed by atoms with Gasteiger partial charge in [0, 0.05) is 0 Å². The van der Waals surface area contributed by atoms with Gasteiger partial charge in [-0.1, -0.05) is 0 Å². The molecule has 0 aliphatic rings. The van der Waals surface area contributed by atoms with E-state index >= 15 is 0 Å². The molecule has 1 rings (SSSR count). The number of rotatable bonds is 0. The van der Waals surface area contributed by atoms with Crippen LogP contribution in [0.4, 0.5) is 0 Å². The Balaban J connectivity index is 3.34. The maximum atomic E-state index is 8.90. The van der Waals surface area contributed by atoms with Gasteiger partial charge in [-0.15, -0.1) is 0 Å². The van der Waals surface area contributed by atoms with Gasteiger partial charge in [0.1, 0.15) is 0 Å². The van der Waals surface area contributed by atoms with Gasteiger partial charge in [0.2, 0.25) is 0 Å². The third-order valence-electron chi connectivity index (χ3n) is 0.857. The molecule has 0 saturated heterocycles. The summed E-state index contributed by atoms with van der Waals surface area (Å²) in [6, 6.07) is 3.38. The summed E-state index contributed by atoms with van der Waals surface area (Å²) in [5.41, 5.74) is 0. The Hall–Kier alpha value is -0.241. The van der Waals surface area contributed by atoms with E-state index < -0.39 is 0 Å². The average Bonchev–Trinajstić information content (AvgIpc) is 1.80. The van der Waals surface area contributed by atoms with Crippen molar-refractivity contribution >= 4 is 27.2 Å². The molecule has 1 heterocycles. The fourth-order valence-electron chi connectivity index (χ4n) is 0.451. The normalized spacial score (nSPS) is 9.44. The molecule has 0 atom stereocenters. The summed E-state index contributed by atoms with van der Waals surface area (Å²) in [4.78, 5) is 0. The number of nitrogens with zero attached hydrogens (tertiary/aromatic N) is 1. The number of hydrogen-bond acceptors (Lipinski definition) is 1. The first-order chi connectivity index (χ1) is 4.20. The number of pyridine rings is 1. The van der Waals surface area contributed by atoms with Crippen LogP contribution in [-0.2, 0) is 0 Å². The van der Waals surface area contributed by atoms with Crippen LogP contribution >= 0.6 is 11.6 Å². The molecular formula is C5H4ClNOSe. The van der Waals surface area contributed by atoms with Crippen molar-refractivity contribution in [3.8, 4) is 0 Å². The fourth-order valence-corrected chi connectivity index (χ4v) is 0.860. The van der Waals surface area contributed by atoms with Crippen molar-refractivity contribution in [2.75, 3.05) is 0 Å². The predicted octanol–water partition coefficient (Wildman–Crippen LogP) is 1.08. The van der Waals surface area contributed by atoms with Crippen LogP contribution in [0.15, 0.2) is 18.3 Å². The first-order valence-electron chi connectivity index (χ1n) is 2.27. The average molecular weight is 209 g/mol. The molecule has 2 nitrogen and oxygen atoms in total. The van der Waals surface area contributed by atoms with Crippen LogP contribution in [0.3, 0.4) is 0 Å². The first-order valence-corrected chi connectivity index (χ1v) is 3.51. The standard InChI is InChI=1S/C5H4ClNOSe/c6-4-1-2-5(9)7(8)3-4/h1-3,8H. The van der Waals surface area contributed by atoms with E-state index in [0.29, 0.717) is 9.22 Å². The molecule has 0 radical (unpaired) electrons. The Labute approximate surface area is 65.0 Å². The van der Waals surface area contributed by atoms with E-state index in [1.807, 2.05) is 0 Å². The van der Waals surface area contributed by atoms with Gasteiger partial charge in [-0.25, -0.2) is 0 Å². The molecule has 1 aromatic rings. The van der Waals surface area contributed by atoms with E-state index in [1.54, 1.807) is 12.1 Å². The zero-order valence-electron chi connectivity index (χ0n) is 4.41. The van der Waals surface area contributed by atoms with E-state index in [0.717, 1.165) is 4.73 Å². The maximum absolute atomic E-state index is 8.90. The van der Waals surface area contributed by atoms with E-state index in [1.165, 1.54) is 6.20 Å². The Morgan fingerprint density at radius 3 is 2.67 bits per heavy atom. The summed E-state index contributed by atoms with van der Waals surface area (Å²) in [6.07, 6.45) is 1.41. The van der Waals surface area contributed by atoms with Gasteiger partial charge in [0.15, 0.2) is 0 Å². The van der Waals surface area contributed by atoms with Crippen molar-refractivity contribution in [1.82, 2.24) is 4.73 Å². The van der Waals surface area contributed by atoms with Crippen molar-refractivity contribution < 1.29 is 5.21 Å². The molecule has 0 fully saturated rings. The molecule has 4 heteroatoms. The van der Waals surface area contributed by atoms with Crippen LogP contribution in [0.1, 0.15) is 0 Å². The molecular weight excluding hydrogens is 204 g/mol. The molecule has 0 aromatic carbocycles. The van der Waals surface area contributed by atoms with Crippen molar-refractivity contribution in [1.29, 1.82) is 0 Å². The summed E-state index contributed by atoms with van der Waals surface area (Å²) in [5.74, 6) is 0. The van der Waals surface area contributed by atoms with Crippen LogP contribution in [0.5, 0.6) is 0 Å².